The third-order valence-electron chi connectivity index (χ3n) is 2.43. The summed E-state index contributed by atoms with van der Waals surface area (Å²) >= 11 is 1.32. The molecule has 8 heteroatoms. The number of carbonyl (C=O) groups excluding carboxylic acids is 1. The highest BCUT2D eigenvalue weighted by Gasteiger charge is 2.19. The van der Waals surface area contributed by atoms with E-state index in [9.17, 15) is 4.79 Å². The molecule has 0 aliphatic rings. The molecule has 0 bridgehead atoms. The molecule has 106 valence electrons. The molecule has 2 aromatic heterocycles. The highest BCUT2D eigenvalue weighted by atomic mass is 32.2. The largest absolute Gasteiger partial charge is 0.338 e. The standard InChI is InChI=1S/C12H15N5O2S/c1-4-5-17-7-13-15-12(17)20-9(3)11(18)14-10-6-8(2)16-19-10/h4,6-7,9H,1,5H2,2-3H3,(H,14,18). The Kier molecular flexibility index (Phi) is 4.57. The molecule has 1 atom stereocenters. The van der Waals surface area contributed by atoms with Crippen LogP contribution in [-0.2, 0) is 11.3 Å². The minimum absolute atomic E-state index is 0.181. The normalized spacial score (nSPS) is 12.1. The lowest BCUT2D eigenvalue weighted by Crippen LogP contribution is -2.22. The molecule has 2 aromatic rings. The van der Waals surface area contributed by atoms with E-state index in [1.165, 1.54) is 11.8 Å². The SMILES string of the molecule is C=CCn1cnnc1SC(C)C(=O)Nc1cc(C)no1. The van der Waals surface area contributed by atoms with E-state index in [0.717, 1.165) is 0 Å². The molecular weight excluding hydrogens is 278 g/mol. The Morgan fingerprint density at radius 2 is 2.50 bits per heavy atom. The van der Waals surface area contributed by atoms with Crippen molar-refractivity contribution in [3.63, 3.8) is 0 Å². The van der Waals surface area contributed by atoms with Gasteiger partial charge in [-0.2, -0.15) is 0 Å². The number of rotatable bonds is 6. The van der Waals surface area contributed by atoms with Gasteiger partial charge in [-0.15, -0.1) is 16.8 Å². The fourth-order valence-electron chi connectivity index (χ4n) is 1.46. The van der Waals surface area contributed by atoms with Gasteiger partial charge in [0.05, 0.1) is 10.9 Å². The second-order valence-corrected chi connectivity index (χ2v) is 5.44. The highest BCUT2D eigenvalue weighted by molar-refractivity contribution is 8.00. The van der Waals surface area contributed by atoms with Crippen molar-refractivity contribution < 1.29 is 9.32 Å². The fraction of sp³-hybridized carbons (Fsp3) is 0.333. The number of amides is 1. The van der Waals surface area contributed by atoms with Gasteiger partial charge in [0.2, 0.25) is 11.8 Å². The molecule has 1 amide bonds. The van der Waals surface area contributed by atoms with Crippen LogP contribution in [0.1, 0.15) is 12.6 Å². The van der Waals surface area contributed by atoms with Crippen LogP contribution in [0.2, 0.25) is 0 Å². The van der Waals surface area contributed by atoms with E-state index in [-0.39, 0.29) is 11.2 Å². The van der Waals surface area contributed by atoms with Gasteiger partial charge in [0.25, 0.3) is 0 Å². The van der Waals surface area contributed by atoms with Crippen molar-refractivity contribution >= 4 is 23.6 Å². The Balaban J connectivity index is 1.96. The van der Waals surface area contributed by atoms with Crippen LogP contribution in [0.5, 0.6) is 0 Å². The molecule has 0 saturated heterocycles. The maximum atomic E-state index is 12.0. The molecule has 0 radical (unpaired) electrons. The summed E-state index contributed by atoms with van der Waals surface area (Å²) in [6.45, 7) is 7.84. The third kappa shape index (κ3) is 3.47. The third-order valence-corrected chi connectivity index (χ3v) is 3.53. The van der Waals surface area contributed by atoms with Gasteiger partial charge in [0.1, 0.15) is 6.33 Å². The van der Waals surface area contributed by atoms with Crippen LogP contribution in [0.4, 0.5) is 5.88 Å². The van der Waals surface area contributed by atoms with E-state index < -0.39 is 0 Å². The Bertz CT molecular complexity index is 607. The van der Waals surface area contributed by atoms with Crippen LogP contribution in [-0.4, -0.2) is 31.1 Å². The van der Waals surface area contributed by atoms with Gasteiger partial charge < -0.3 is 9.09 Å². The predicted molar refractivity (Wildman–Crippen MR) is 75.4 cm³/mol. The topological polar surface area (TPSA) is 85.8 Å². The molecular formula is C12H15N5O2S. The molecule has 0 fully saturated rings. The number of hydrogen-bond donors (Lipinski definition) is 1. The fourth-order valence-corrected chi connectivity index (χ4v) is 2.29. The van der Waals surface area contributed by atoms with E-state index in [1.807, 2.05) is 4.57 Å². The number of nitrogens with zero attached hydrogens (tertiary/aromatic N) is 4. The molecule has 1 unspecified atom stereocenters. The first-order valence-electron chi connectivity index (χ1n) is 5.99. The number of thioether (sulfide) groups is 1. The first kappa shape index (κ1) is 14.3. The van der Waals surface area contributed by atoms with Gasteiger partial charge in [-0.25, -0.2) is 0 Å². The zero-order valence-electron chi connectivity index (χ0n) is 11.2. The lowest BCUT2D eigenvalue weighted by Gasteiger charge is -2.09. The number of aromatic nitrogens is 4. The lowest BCUT2D eigenvalue weighted by molar-refractivity contribution is -0.115. The smallest absolute Gasteiger partial charge is 0.240 e. The van der Waals surface area contributed by atoms with E-state index in [2.05, 4.69) is 27.2 Å². The van der Waals surface area contributed by atoms with Crippen LogP contribution in [0.25, 0.3) is 0 Å². The van der Waals surface area contributed by atoms with E-state index in [1.54, 1.807) is 32.3 Å². The molecule has 0 aliphatic heterocycles. The van der Waals surface area contributed by atoms with Gasteiger partial charge >= 0.3 is 0 Å². The van der Waals surface area contributed by atoms with E-state index in [0.29, 0.717) is 23.3 Å². The maximum absolute atomic E-state index is 12.0. The van der Waals surface area contributed by atoms with Gasteiger partial charge in [-0.1, -0.05) is 23.0 Å². The summed E-state index contributed by atoms with van der Waals surface area (Å²) in [5.74, 6) is 0.159. The number of allylic oxidation sites excluding steroid dienone is 1. The zero-order valence-corrected chi connectivity index (χ0v) is 12.1. The Hall–Kier alpha value is -2.09. The summed E-state index contributed by atoms with van der Waals surface area (Å²) < 4.78 is 6.76. The average Bonchev–Trinajstić information content (AvgIpc) is 3.00. The van der Waals surface area contributed by atoms with Crippen LogP contribution < -0.4 is 5.32 Å². The predicted octanol–water partition coefficient (Wildman–Crippen LogP) is 1.88. The Morgan fingerprint density at radius 3 is 3.15 bits per heavy atom. The molecule has 0 aromatic carbocycles. The van der Waals surface area contributed by atoms with Crippen molar-refractivity contribution in [2.24, 2.45) is 0 Å². The summed E-state index contributed by atoms with van der Waals surface area (Å²) in [5, 5.41) is 14.5. The average molecular weight is 293 g/mol. The molecule has 2 rings (SSSR count). The number of hydrogen-bond acceptors (Lipinski definition) is 6. The van der Waals surface area contributed by atoms with Gasteiger partial charge in [0.15, 0.2) is 5.16 Å². The van der Waals surface area contributed by atoms with Crippen molar-refractivity contribution in [2.75, 3.05) is 5.32 Å². The monoisotopic (exact) mass is 293 g/mol. The second-order valence-electron chi connectivity index (χ2n) is 4.14. The van der Waals surface area contributed by atoms with Crippen molar-refractivity contribution in [1.82, 2.24) is 19.9 Å². The number of aryl methyl sites for hydroxylation is 1. The van der Waals surface area contributed by atoms with Gasteiger partial charge in [0, 0.05) is 12.6 Å². The Morgan fingerprint density at radius 1 is 1.70 bits per heavy atom. The zero-order chi connectivity index (χ0) is 14.5. The minimum Gasteiger partial charge on any atom is -0.338 e. The molecule has 1 N–H and O–H groups in total. The summed E-state index contributed by atoms with van der Waals surface area (Å²) in [7, 11) is 0. The summed E-state index contributed by atoms with van der Waals surface area (Å²) in [5.41, 5.74) is 0.714. The number of anilines is 1. The summed E-state index contributed by atoms with van der Waals surface area (Å²) in [6.07, 6.45) is 3.35. The maximum Gasteiger partial charge on any atom is 0.240 e. The first-order chi connectivity index (χ1) is 9.60. The van der Waals surface area contributed by atoms with Crippen molar-refractivity contribution in [3.05, 3.63) is 30.7 Å². The minimum atomic E-state index is -0.340. The number of nitrogens with one attached hydrogen (secondary N) is 1. The first-order valence-corrected chi connectivity index (χ1v) is 6.87. The molecule has 2 heterocycles. The van der Waals surface area contributed by atoms with Crippen molar-refractivity contribution in [1.29, 1.82) is 0 Å². The molecule has 0 saturated carbocycles. The van der Waals surface area contributed by atoms with Crippen molar-refractivity contribution in [3.8, 4) is 0 Å². The van der Waals surface area contributed by atoms with Crippen LogP contribution in [0.15, 0.2) is 34.7 Å². The highest BCUT2D eigenvalue weighted by Crippen LogP contribution is 2.22. The summed E-state index contributed by atoms with van der Waals surface area (Å²) in [4.78, 5) is 12.0. The number of carbonyl (C=O) groups is 1. The van der Waals surface area contributed by atoms with E-state index >= 15 is 0 Å². The lowest BCUT2D eigenvalue weighted by atomic mass is 10.4. The second kappa shape index (κ2) is 6.38. The molecule has 0 aliphatic carbocycles. The molecule has 0 spiro atoms. The molecule has 7 nitrogen and oxygen atoms in total. The van der Waals surface area contributed by atoms with Crippen LogP contribution in [0.3, 0.4) is 0 Å². The van der Waals surface area contributed by atoms with E-state index in [4.69, 9.17) is 4.52 Å². The van der Waals surface area contributed by atoms with Crippen molar-refractivity contribution in [2.45, 2.75) is 30.8 Å². The molecule has 20 heavy (non-hydrogen) atoms. The Labute approximate surface area is 120 Å². The van der Waals surface area contributed by atoms with Gasteiger partial charge in [-0.3, -0.25) is 10.1 Å². The van der Waals surface area contributed by atoms with Crippen LogP contribution in [0, 0.1) is 6.92 Å². The van der Waals surface area contributed by atoms with Crippen LogP contribution >= 0.6 is 11.8 Å². The summed E-state index contributed by atoms with van der Waals surface area (Å²) in [6, 6.07) is 1.66. The van der Waals surface area contributed by atoms with Gasteiger partial charge in [-0.05, 0) is 13.8 Å². The quantitative estimate of drug-likeness (QED) is 0.646.